The highest BCUT2D eigenvalue weighted by Gasteiger charge is 2.17. The molecule has 0 aliphatic heterocycles. The molecule has 0 fully saturated rings. The maximum absolute atomic E-state index is 5.13. The maximum atomic E-state index is 5.13. The van der Waals surface area contributed by atoms with Gasteiger partial charge >= 0.3 is 0 Å². The summed E-state index contributed by atoms with van der Waals surface area (Å²) >= 11 is 0. The topological polar surface area (TPSA) is 35.6 Å². The van der Waals surface area contributed by atoms with Crippen molar-refractivity contribution in [1.82, 2.24) is 19.1 Å². The maximum Gasteiger partial charge on any atom is 0.160 e. The van der Waals surface area contributed by atoms with E-state index in [4.69, 9.17) is 9.97 Å². The molecule has 4 heteroatoms. The predicted molar refractivity (Wildman–Crippen MR) is 250 cm³/mol. The summed E-state index contributed by atoms with van der Waals surface area (Å²) < 4.78 is 4.76. The van der Waals surface area contributed by atoms with Crippen molar-refractivity contribution in [3.63, 3.8) is 0 Å². The van der Waals surface area contributed by atoms with E-state index in [0.29, 0.717) is 5.82 Å². The first-order valence-corrected chi connectivity index (χ1v) is 20.4. The van der Waals surface area contributed by atoms with Gasteiger partial charge in [0.1, 0.15) is 0 Å². The predicted octanol–water partition coefficient (Wildman–Crippen LogP) is 14.5. The Morgan fingerprint density at radius 3 is 1.55 bits per heavy atom. The fourth-order valence-electron chi connectivity index (χ4n) is 9.03. The highest BCUT2D eigenvalue weighted by Crippen LogP contribution is 2.39. The average Bonchev–Trinajstić information content (AvgIpc) is 3.84. The van der Waals surface area contributed by atoms with Crippen LogP contribution in [0.3, 0.4) is 0 Å². The Morgan fingerprint density at radius 1 is 0.267 bits per heavy atom. The van der Waals surface area contributed by atoms with Crippen molar-refractivity contribution in [3.8, 4) is 56.4 Å². The largest absolute Gasteiger partial charge is 0.309 e. The number of aromatic nitrogens is 4. The van der Waals surface area contributed by atoms with Crippen LogP contribution < -0.4 is 0 Å². The number of rotatable bonds is 6. The van der Waals surface area contributed by atoms with Gasteiger partial charge in [0.25, 0.3) is 0 Å². The Hall–Kier alpha value is -8.08. The van der Waals surface area contributed by atoms with E-state index in [1.54, 1.807) is 0 Å². The van der Waals surface area contributed by atoms with Gasteiger partial charge in [-0.25, -0.2) is 9.97 Å². The molecule has 0 aliphatic carbocycles. The van der Waals surface area contributed by atoms with E-state index in [-0.39, 0.29) is 0 Å². The molecule has 280 valence electrons. The van der Waals surface area contributed by atoms with Crippen LogP contribution in [-0.4, -0.2) is 19.1 Å². The van der Waals surface area contributed by atoms with Gasteiger partial charge in [-0.15, -0.1) is 0 Å². The molecule has 0 amide bonds. The van der Waals surface area contributed by atoms with E-state index in [9.17, 15) is 0 Å². The fraction of sp³-hybridized carbons (Fsp3) is 0. The number of para-hydroxylation sites is 3. The van der Waals surface area contributed by atoms with Crippen molar-refractivity contribution in [2.75, 3.05) is 0 Å². The van der Waals surface area contributed by atoms with E-state index >= 15 is 0 Å². The van der Waals surface area contributed by atoms with Crippen LogP contribution in [0.4, 0.5) is 0 Å². The third kappa shape index (κ3) is 5.61. The quantitative estimate of drug-likeness (QED) is 0.169. The standard InChI is InChI=1S/C56H36N4/c1-3-14-39(15-4-1)56-57-50(36-51(58-56)43-24-23-37-13-7-8-16-40(37)33-43)38-25-29-45(30-26-38)59-53-22-12-10-20-47(53)49-34-41(28-32-54(49)59)42-27-31-48-46-19-9-11-21-52(46)60(55(48)35-42)44-17-5-2-6-18-44/h1-36H. The molecule has 60 heavy (non-hydrogen) atoms. The third-order valence-electron chi connectivity index (χ3n) is 11.9. The number of hydrogen-bond acceptors (Lipinski definition) is 2. The molecule has 9 aromatic carbocycles. The zero-order chi connectivity index (χ0) is 39.6. The lowest BCUT2D eigenvalue weighted by molar-refractivity contribution is 1.17. The number of fused-ring (bicyclic) bond motifs is 7. The normalized spacial score (nSPS) is 11.7. The molecule has 4 nitrogen and oxygen atoms in total. The Bertz CT molecular complexity index is 3580. The van der Waals surface area contributed by atoms with Gasteiger partial charge in [-0.2, -0.15) is 0 Å². The summed E-state index contributed by atoms with van der Waals surface area (Å²) in [6, 6.07) is 78.1. The number of nitrogens with zero attached hydrogens (tertiary/aromatic N) is 4. The van der Waals surface area contributed by atoms with Crippen molar-refractivity contribution >= 4 is 54.4 Å². The summed E-state index contributed by atoms with van der Waals surface area (Å²) in [5, 5.41) is 7.35. The SMILES string of the molecule is c1ccc(-c2nc(-c3ccc(-n4c5ccccc5c5cc(-c6ccc7c8ccccc8n(-c8ccccc8)c7c6)ccc54)cc3)cc(-c3ccc4ccccc4c3)n2)cc1. The second-order valence-corrected chi connectivity index (χ2v) is 15.4. The highest BCUT2D eigenvalue weighted by atomic mass is 15.0. The third-order valence-corrected chi connectivity index (χ3v) is 11.9. The molecule has 12 rings (SSSR count). The summed E-state index contributed by atoms with van der Waals surface area (Å²) in [5.41, 5.74) is 14.2. The van der Waals surface area contributed by atoms with Gasteiger partial charge in [0, 0.05) is 49.6 Å². The van der Waals surface area contributed by atoms with Crippen LogP contribution in [0, 0.1) is 0 Å². The lowest BCUT2D eigenvalue weighted by Gasteiger charge is -2.12. The Kier molecular flexibility index (Phi) is 7.82. The van der Waals surface area contributed by atoms with Crippen molar-refractivity contribution < 1.29 is 0 Å². The molecule has 12 aromatic rings. The van der Waals surface area contributed by atoms with Crippen LogP contribution >= 0.6 is 0 Å². The number of hydrogen-bond donors (Lipinski definition) is 0. The lowest BCUT2D eigenvalue weighted by Crippen LogP contribution is -1.97. The second-order valence-electron chi connectivity index (χ2n) is 15.4. The van der Waals surface area contributed by atoms with Crippen LogP contribution in [0.15, 0.2) is 218 Å². The molecule has 0 spiro atoms. The van der Waals surface area contributed by atoms with Crippen LogP contribution in [0.2, 0.25) is 0 Å². The van der Waals surface area contributed by atoms with Crippen LogP contribution in [0.1, 0.15) is 0 Å². The number of benzene rings is 9. The average molecular weight is 765 g/mol. The summed E-state index contributed by atoms with van der Waals surface area (Å²) in [5.74, 6) is 0.708. The minimum absolute atomic E-state index is 0.708. The van der Waals surface area contributed by atoms with Crippen LogP contribution in [-0.2, 0) is 0 Å². The molecule has 0 aliphatic rings. The van der Waals surface area contributed by atoms with Crippen LogP contribution in [0.5, 0.6) is 0 Å². The molecule has 0 atom stereocenters. The molecular formula is C56H36N4. The minimum atomic E-state index is 0.708. The van der Waals surface area contributed by atoms with Crippen molar-refractivity contribution in [3.05, 3.63) is 218 Å². The van der Waals surface area contributed by atoms with Gasteiger partial charge in [-0.1, -0.05) is 152 Å². The summed E-state index contributed by atoms with van der Waals surface area (Å²) in [6.45, 7) is 0. The lowest BCUT2D eigenvalue weighted by atomic mass is 10.0. The van der Waals surface area contributed by atoms with Gasteiger partial charge in [-0.3, -0.25) is 0 Å². The van der Waals surface area contributed by atoms with Crippen molar-refractivity contribution in [2.24, 2.45) is 0 Å². The zero-order valence-electron chi connectivity index (χ0n) is 32.6. The molecular weight excluding hydrogens is 729 g/mol. The Labute approximate surface area is 346 Å². The Morgan fingerprint density at radius 2 is 0.783 bits per heavy atom. The van der Waals surface area contributed by atoms with Gasteiger partial charge in [0.05, 0.1) is 33.5 Å². The first kappa shape index (κ1) is 34.0. The fourth-order valence-corrected chi connectivity index (χ4v) is 9.03. The molecule has 0 radical (unpaired) electrons. The monoisotopic (exact) mass is 764 g/mol. The molecule has 0 unspecified atom stereocenters. The Balaban J connectivity index is 0.958. The van der Waals surface area contributed by atoms with Gasteiger partial charge < -0.3 is 9.13 Å². The van der Waals surface area contributed by atoms with Crippen molar-refractivity contribution in [1.29, 1.82) is 0 Å². The van der Waals surface area contributed by atoms with Crippen molar-refractivity contribution in [2.45, 2.75) is 0 Å². The second kappa shape index (κ2) is 13.8. The molecule has 0 saturated heterocycles. The van der Waals surface area contributed by atoms with Crippen LogP contribution in [0.25, 0.3) is 111 Å². The van der Waals surface area contributed by atoms with E-state index < -0.39 is 0 Å². The summed E-state index contributed by atoms with van der Waals surface area (Å²) in [7, 11) is 0. The van der Waals surface area contributed by atoms with E-state index in [0.717, 1.165) is 39.5 Å². The molecule has 3 aromatic heterocycles. The van der Waals surface area contributed by atoms with E-state index in [1.165, 1.54) is 65.5 Å². The van der Waals surface area contributed by atoms with E-state index in [1.807, 2.05) is 18.2 Å². The molecule has 0 bridgehead atoms. The van der Waals surface area contributed by atoms with Gasteiger partial charge in [-0.05, 0) is 88.6 Å². The van der Waals surface area contributed by atoms with Gasteiger partial charge in [0.15, 0.2) is 5.82 Å². The first-order valence-electron chi connectivity index (χ1n) is 20.4. The van der Waals surface area contributed by atoms with E-state index in [2.05, 4.69) is 209 Å². The molecule has 0 N–H and O–H groups in total. The summed E-state index contributed by atoms with van der Waals surface area (Å²) in [6.07, 6.45) is 0. The first-order chi connectivity index (χ1) is 29.7. The highest BCUT2D eigenvalue weighted by molar-refractivity contribution is 6.12. The molecule has 3 heterocycles. The smallest absolute Gasteiger partial charge is 0.160 e. The van der Waals surface area contributed by atoms with Gasteiger partial charge in [0.2, 0.25) is 0 Å². The minimum Gasteiger partial charge on any atom is -0.309 e. The molecule has 0 saturated carbocycles. The zero-order valence-corrected chi connectivity index (χ0v) is 32.6. The summed E-state index contributed by atoms with van der Waals surface area (Å²) in [4.78, 5) is 10.2.